The van der Waals surface area contributed by atoms with Crippen LogP contribution in [0.2, 0.25) is 0 Å². The first kappa shape index (κ1) is 10.9. The van der Waals surface area contributed by atoms with Crippen LogP contribution in [0.3, 0.4) is 0 Å². The van der Waals surface area contributed by atoms with Gasteiger partial charge in [0.15, 0.2) is 0 Å². The van der Waals surface area contributed by atoms with E-state index in [0.29, 0.717) is 17.6 Å². The predicted molar refractivity (Wildman–Crippen MR) is 58.9 cm³/mol. The standard InChI is InChI=1S/C10H16N4O2/c1-2-16-7-3-6(4-7)12-10(15)8-5-9(11)14-13-8/h5-7H,2-4H2,1H3,(H,12,15)(H3,11,13,14). The van der Waals surface area contributed by atoms with E-state index in [4.69, 9.17) is 10.5 Å². The highest BCUT2D eigenvalue weighted by atomic mass is 16.5. The van der Waals surface area contributed by atoms with Crippen molar-refractivity contribution in [1.82, 2.24) is 15.5 Å². The Hall–Kier alpha value is -1.56. The molecule has 6 nitrogen and oxygen atoms in total. The molecule has 16 heavy (non-hydrogen) atoms. The second-order valence-corrected chi connectivity index (χ2v) is 3.93. The molecule has 4 N–H and O–H groups in total. The first-order chi connectivity index (χ1) is 7.69. The molecule has 0 unspecified atom stereocenters. The summed E-state index contributed by atoms with van der Waals surface area (Å²) in [6.07, 6.45) is 2.05. The number of hydrogen-bond acceptors (Lipinski definition) is 4. The average molecular weight is 224 g/mol. The fourth-order valence-corrected chi connectivity index (χ4v) is 1.77. The van der Waals surface area contributed by atoms with E-state index in [9.17, 15) is 4.79 Å². The van der Waals surface area contributed by atoms with Crippen molar-refractivity contribution in [2.24, 2.45) is 0 Å². The number of H-pyrrole nitrogens is 1. The summed E-state index contributed by atoms with van der Waals surface area (Å²) in [5, 5.41) is 9.17. The monoisotopic (exact) mass is 224 g/mol. The van der Waals surface area contributed by atoms with Crippen molar-refractivity contribution in [1.29, 1.82) is 0 Å². The number of nitrogens with two attached hydrogens (primary N) is 1. The second kappa shape index (κ2) is 4.52. The Morgan fingerprint density at radius 1 is 1.75 bits per heavy atom. The summed E-state index contributed by atoms with van der Waals surface area (Å²) < 4.78 is 5.41. The molecule has 88 valence electrons. The van der Waals surface area contributed by atoms with Crippen molar-refractivity contribution in [2.45, 2.75) is 31.9 Å². The zero-order valence-corrected chi connectivity index (χ0v) is 9.19. The highest BCUT2D eigenvalue weighted by molar-refractivity contribution is 5.93. The van der Waals surface area contributed by atoms with Gasteiger partial charge in [0.2, 0.25) is 0 Å². The van der Waals surface area contributed by atoms with Gasteiger partial charge in [-0.2, -0.15) is 5.10 Å². The van der Waals surface area contributed by atoms with Crippen LogP contribution in [0.15, 0.2) is 6.07 Å². The van der Waals surface area contributed by atoms with Crippen molar-refractivity contribution < 1.29 is 9.53 Å². The molecule has 1 aliphatic carbocycles. The van der Waals surface area contributed by atoms with E-state index in [1.54, 1.807) is 0 Å². The zero-order chi connectivity index (χ0) is 11.5. The third-order valence-electron chi connectivity index (χ3n) is 2.67. The summed E-state index contributed by atoms with van der Waals surface area (Å²) in [7, 11) is 0. The topological polar surface area (TPSA) is 93.0 Å². The quantitative estimate of drug-likeness (QED) is 0.685. The Kier molecular flexibility index (Phi) is 3.09. The number of nitrogen functional groups attached to an aromatic ring is 1. The number of anilines is 1. The molecule has 0 radical (unpaired) electrons. The molecule has 0 aliphatic heterocycles. The van der Waals surface area contributed by atoms with E-state index in [1.807, 2.05) is 6.92 Å². The lowest BCUT2D eigenvalue weighted by Gasteiger charge is -2.35. The van der Waals surface area contributed by atoms with Crippen molar-refractivity contribution in [3.63, 3.8) is 0 Å². The molecule has 1 aromatic rings. The number of ether oxygens (including phenoxy) is 1. The van der Waals surface area contributed by atoms with Gasteiger partial charge in [-0.1, -0.05) is 0 Å². The van der Waals surface area contributed by atoms with E-state index < -0.39 is 0 Å². The number of carbonyl (C=O) groups excluding carboxylic acids is 1. The van der Waals surface area contributed by atoms with Gasteiger partial charge < -0.3 is 15.8 Å². The lowest BCUT2D eigenvalue weighted by Crippen LogP contribution is -2.47. The zero-order valence-electron chi connectivity index (χ0n) is 9.19. The largest absolute Gasteiger partial charge is 0.382 e. The number of aromatic amines is 1. The van der Waals surface area contributed by atoms with E-state index in [0.717, 1.165) is 19.4 Å². The van der Waals surface area contributed by atoms with Crippen molar-refractivity contribution in [2.75, 3.05) is 12.3 Å². The smallest absolute Gasteiger partial charge is 0.269 e. The highest BCUT2D eigenvalue weighted by Crippen LogP contribution is 2.23. The molecular weight excluding hydrogens is 208 g/mol. The van der Waals surface area contributed by atoms with Gasteiger partial charge in [-0.3, -0.25) is 9.89 Å². The lowest BCUT2D eigenvalue weighted by molar-refractivity contribution is -0.00866. The van der Waals surface area contributed by atoms with Crippen molar-refractivity contribution >= 4 is 11.7 Å². The first-order valence-electron chi connectivity index (χ1n) is 5.42. The molecule has 2 rings (SSSR count). The maximum atomic E-state index is 11.6. The summed E-state index contributed by atoms with van der Waals surface area (Å²) in [6, 6.07) is 1.72. The van der Waals surface area contributed by atoms with Gasteiger partial charge in [-0.05, 0) is 19.8 Å². The molecule has 1 heterocycles. The molecule has 0 saturated heterocycles. The molecule has 1 amide bonds. The first-order valence-corrected chi connectivity index (χ1v) is 5.42. The molecule has 0 aromatic carbocycles. The molecule has 0 bridgehead atoms. The Morgan fingerprint density at radius 2 is 2.50 bits per heavy atom. The Labute approximate surface area is 93.5 Å². The summed E-state index contributed by atoms with van der Waals surface area (Å²) >= 11 is 0. The van der Waals surface area contributed by atoms with E-state index in [1.165, 1.54) is 6.07 Å². The van der Waals surface area contributed by atoms with Gasteiger partial charge in [0.05, 0.1) is 6.10 Å². The van der Waals surface area contributed by atoms with Crippen LogP contribution in [-0.2, 0) is 4.74 Å². The summed E-state index contributed by atoms with van der Waals surface area (Å²) in [5.74, 6) is 0.162. The highest BCUT2D eigenvalue weighted by Gasteiger charge is 2.31. The van der Waals surface area contributed by atoms with Crippen molar-refractivity contribution in [3.8, 4) is 0 Å². The Balaban J connectivity index is 1.77. The number of nitrogens with one attached hydrogen (secondary N) is 2. The Bertz CT molecular complexity index is 371. The summed E-state index contributed by atoms with van der Waals surface area (Å²) in [5.41, 5.74) is 5.81. The van der Waals surface area contributed by atoms with Crippen LogP contribution in [0.1, 0.15) is 30.3 Å². The summed E-state index contributed by atoms with van der Waals surface area (Å²) in [4.78, 5) is 11.6. The molecule has 1 aliphatic rings. The molecule has 1 aromatic heterocycles. The van der Waals surface area contributed by atoms with Gasteiger partial charge in [-0.15, -0.1) is 0 Å². The Morgan fingerprint density at radius 3 is 3.06 bits per heavy atom. The minimum Gasteiger partial charge on any atom is -0.382 e. The van der Waals surface area contributed by atoms with E-state index in [2.05, 4.69) is 15.5 Å². The van der Waals surface area contributed by atoms with Crippen LogP contribution in [0.25, 0.3) is 0 Å². The van der Waals surface area contributed by atoms with Crippen LogP contribution in [-0.4, -0.2) is 34.9 Å². The minimum atomic E-state index is -0.163. The van der Waals surface area contributed by atoms with E-state index in [-0.39, 0.29) is 11.9 Å². The van der Waals surface area contributed by atoms with Gasteiger partial charge >= 0.3 is 0 Å². The van der Waals surface area contributed by atoms with Crippen LogP contribution < -0.4 is 11.1 Å². The SMILES string of the molecule is CCOC1CC(NC(=O)c2cc(N)n[nH]2)C1. The van der Waals surface area contributed by atoms with Gasteiger partial charge in [0.25, 0.3) is 5.91 Å². The minimum absolute atomic E-state index is 0.163. The van der Waals surface area contributed by atoms with Crippen LogP contribution in [0.5, 0.6) is 0 Å². The molecule has 1 saturated carbocycles. The number of rotatable bonds is 4. The van der Waals surface area contributed by atoms with Crippen molar-refractivity contribution in [3.05, 3.63) is 11.8 Å². The predicted octanol–water partition coefficient (Wildman–Crippen LogP) is 0.289. The third-order valence-corrected chi connectivity index (χ3v) is 2.67. The fraction of sp³-hybridized carbons (Fsp3) is 0.600. The maximum absolute atomic E-state index is 11.6. The van der Waals surface area contributed by atoms with Crippen LogP contribution in [0, 0.1) is 0 Å². The fourth-order valence-electron chi connectivity index (χ4n) is 1.77. The molecule has 1 fully saturated rings. The van der Waals surface area contributed by atoms with Gasteiger partial charge in [-0.25, -0.2) is 0 Å². The molecule has 6 heteroatoms. The summed E-state index contributed by atoms with van der Waals surface area (Å²) in [6.45, 7) is 2.70. The number of hydrogen-bond donors (Lipinski definition) is 3. The maximum Gasteiger partial charge on any atom is 0.269 e. The van der Waals surface area contributed by atoms with Crippen LogP contribution >= 0.6 is 0 Å². The number of nitrogens with zero attached hydrogens (tertiary/aromatic N) is 1. The molecule has 0 spiro atoms. The molecular formula is C10H16N4O2. The number of amides is 1. The lowest BCUT2D eigenvalue weighted by atomic mass is 9.89. The average Bonchev–Trinajstić information content (AvgIpc) is 2.61. The number of aromatic nitrogens is 2. The molecule has 0 atom stereocenters. The van der Waals surface area contributed by atoms with E-state index >= 15 is 0 Å². The second-order valence-electron chi connectivity index (χ2n) is 3.93. The van der Waals surface area contributed by atoms with Crippen LogP contribution in [0.4, 0.5) is 5.82 Å². The van der Waals surface area contributed by atoms with Gasteiger partial charge in [0, 0.05) is 18.7 Å². The normalized spacial score (nSPS) is 23.8. The number of carbonyl (C=O) groups is 1. The third kappa shape index (κ3) is 2.33. The van der Waals surface area contributed by atoms with Gasteiger partial charge in [0.1, 0.15) is 11.5 Å².